The number of benzene rings is 1. The molecule has 0 atom stereocenters. The van der Waals surface area contributed by atoms with E-state index in [0.717, 1.165) is 31.6 Å². The highest BCUT2D eigenvalue weighted by Gasteiger charge is 2.18. The highest BCUT2D eigenvalue weighted by molar-refractivity contribution is 5.75. The van der Waals surface area contributed by atoms with Gasteiger partial charge in [0, 0.05) is 45.0 Å². The summed E-state index contributed by atoms with van der Waals surface area (Å²) in [7, 11) is 3.60. The number of nitrogen functional groups attached to an aromatic ring is 1. The second-order valence-corrected chi connectivity index (χ2v) is 5.02. The first kappa shape index (κ1) is 12.7. The third-order valence-corrected chi connectivity index (χ3v) is 3.42. The molecule has 0 aromatic heterocycles. The number of fused-ring (bicyclic) bond motifs is 1. The van der Waals surface area contributed by atoms with E-state index in [1.807, 2.05) is 12.1 Å². The van der Waals surface area contributed by atoms with Crippen LogP contribution in [0, 0.1) is 0 Å². The molecule has 2 N–H and O–H groups in total. The number of anilines is 2. The molecule has 98 valence electrons. The van der Waals surface area contributed by atoms with Gasteiger partial charge >= 0.3 is 0 Å². The van der Waals surface area contributed by atoms with E-state index in [-0.39, 0.29) is 5.91 Å². The zero-order chi connectivity index (χ0) is 13.1. The first-order chi connectivity index (χ1) is 8.58. The summed E-state index contributed by atoms with van der Waals surface area (Å²) in [5.41, 5.74) is 9.24. The fourth-order valence-corrected chi connectivity index (χ4v) is 2.34. The van der Waals surface area contributed by atoms with Gasteiger partial charge in [-0.05, 0) is 30.5 Å². The van der Waals surface area contributed by atoms with E-state index in [2.05, 4.69) is 11.0 Å². The standard InChI is InChI=1S/C14H21N3O/c1-16(2)14(18)4-3-8-17-9-7-11-5-6-12(15)10-13(11)17/h5-6,10H,3-4,7-9,15H2,1-2H3. The minimum absolute atomic E-state index is 0.196. The number of hydrogen-bond donors (Lipinski definition) is 1. The molecule has 1 heterocycles. The van der Waals surface area contributed by atoms with Crippen LogP contribution in [0.5, 0.6) is 0 Å². The molecule has 0 fully saturated rings. The lowest BCUT2D eigenvalue weighted by Gasteiger charge is -2.20. The summed E-state index contributed by atoms with van der Waals surface area (Å²) in [5.74, 6) is 0.196. The maximum Gasteiger partial charge on any atom is 0.222 e. The lowest BCUT2D eigenvalue weighted by Crippen LogP contribution is -2.25. The molecule has 0 radical (unpaired) electrons. The Morgan fingerprint density at radius 2 is 2.22 bits per heavy atom. The van der Waals surface area contributed by atoms with E-state index < -0.39 is 0 Å². The van der Waals surface area contributed by atoms with E-state index >= 15 is 0 Å². The molecular weight excluding hydrogens is 226 g/mol. The van der Waals surface area contributed by atoms with Crippen molar-refractivity contribution < 1.29 is 4.79 Å². The maximum absolute atomic E-state index is 11.5. The van der Waals surface area contributed by atoms with Crippen molar-refractivity contribution in [3.05, 3.63) is 23.8 Å². The van der Waals surface area contributed by atoms with Crippen molar-refractivity contribution in [3.8, 4) is 0 Å². The Kier molecular flexibility index (Phi) is 3.75. The monoisotopic (exact) mass is 247 g/mol. The van der Waals surface area contributed by atoms with Crippen LogP contribution in [0.15, 0.2) is 18.2 Å². The van der Waals surface area contributed by atoms with E-state index in [4.69, 9.17) is 5.73 Å². The second-order valence-electron chi connectivity index (χ2n) is 5.02. The molecule has 1 amide bonds. The minimum atomic E-state index is 0.196. The summed E-state index contributed by atoms with van der Waals surface area (Å²) in [6.45, 7) is 1.96. The fourth-order valence-electron chi connectivity index (χ4n) is 2.34. The highest BCUT2D eigenvalue weighted by atomic mass is 16.2. The number of rotatable bonds is 4. The van der Waals surface area contributed by atoms with Gasteiger partial charge in [-0.2, -0.15) is 0 Å². The van der Waals surface area contributed by atoms with Crippen molar-refractivity contribution in [1.82, 2.24) is 4.90 Å². The van der Waals surface area contributed by atoms with Crippen LogP contribution in [0.4, 0.5) is 11.4 Å². The van der Waals surface area contributed by atoms with Crippen molar-refractivity contribution in [2.75, 3.05) is 37.8 Å². The molecule has 1 aliphatic heterocycles. The lowest BCUT2D eigenvalue weighted by molar-refractivity contribution is -0.128. The molecule has 18 heavy (non-hydrogen) atoms. The Balaban J connectivity index is 1.90. The van der Waals surface area contributed by atoms with Gasteiger partial charge in [0.15, 0.2) is 0 Å². The van der Waals surface area contributed by atoms with Crippen LogP contribution in [-0.4, -0.2) is 38.0 Å². The van der Waals surface area contributed by atoms with Crippen molar-refractivity contribution in [3.63, 3.8) is 0 Å². The number of nitrogens with two attached hydrogens (primary N) is 1. The van der Waals surface area contributed by atoms with E-state index in [0.29, 0.717) is 6.42 Å². The first-order valence-electron chi connectivity index (χ1n) is 6.41. The summed E-state index contributed by atoms with van der Waals surface area (Å²) < 4.78 is 0. The SMILES string of the molecule is CN(C)C(=O)CCCN1CCc2ccc(N)cc21. The zero-order valence-corrected chi connectivity index (χ0v) is 11.1. The molecular formula is C14H21N3O. The van der Waals surface area contributed by atoms with Gasteiger partial charge in [-0.1, -0.05) is 6.07 Å². The molecule has 1 aromatic rings. The van der Waals surface area contributed by atoms with E-state index in [1.54, 1.807) is 19.0 Å². The number of hydrogen-bond acceptors (Lipinski definition) is 3. The molecule has 2 rings (SSSR count). The van der Waals surface area contributed by atoms with Crippen molar-refractivity contribution in [2.45, 2.75) is 19.3 Å². The molecule has 0 unspecified atom stereocenters. The Morgan fingerprint density at radius 1 is 1.44 bits per heavy atom. The molecule has 4 nitrogen and oxygen atoms in total. The topological polar surface area (TPSA) is 49.6 Å². The fraction of sp³-hybridized carbons (Fsp3) is 0.500. The summed E-state index contributed by atoms with van der Waals surface area (Å²) in [6.07, 6.45) is 2.59. The number of carbonyl (C=O) groups excluding carboxylic acids is 1. The molecule has 0 bridgehead atoms. The number of nitrogens with zero attached hydrogens (tertiary/aromatic N) is 2. The van der Waals surface area contributed by atoms with Gasteiger partial charge in [0.2, 0.25) is 5.91 Å². The van der Waals surface area contributed by atoms with Gasteiger partial charge in [0.05, 0.1) is 0 Å². The Hall–Kier alpha value is -1.71. The maximum atomic E-state index is 11.5. The predicted octanol–water partition coefficient (Wildman–Crippen LogP) is 1.50. The van der Waals surface area contributed by atoms with Crippen molar-refractivity contribution in [2.24, 2.45) is 0 Å². The van der Waals surface area contributed by atoms with Gasteiger partial charge in [-0.3, -0.25) is 4.79 Å². The number of carbonyl (C=O) groups is 1. The minimum Gasteiger partial charge on any atom is -0.399 e. The quantitative estimate of drug-likeness (QED) is 0.820. The molecule has 0 spiro atoms. The van der Waals surface area contributed by atoms with Crippen molar-refractivity contribution in [1.29, 1.82) is 0 Å². The van der Waals surface area contributed by atoms with Crippen molar-refractivity contribution >= 4 is 17.3 Å². The van der Waals surface area contributed by atoms with E-state index in [1.165, 1.54) is 11.3 Å². The Bertz CT molecular complexity index is 443. The third-order valence-electron chi connectivity index (χ3n) is 3.42. The van der Waals surface area contributed by atoms with Crippen LogP contribution < -0.4 is 10.6 Å². The van der Waals surface area contributed by atoms with Gasteiger partial charge in [0.1, 0.15) is 0 Å². The molecule has 0 saturated heterocycles. The summed E-state index contributed by atoms with van der Waals surface area (Å²) in [4.78, 5) is 15.5. The Morgan fingerprint density at radius 3 is 2.94 bits per heavy atom. The summed E-state index contributed by atoms with van der Waals surface area (Å²) >= 11 is 0. The molecule has 4 heteroatoms. The lowest BCUT2D eigenvalue weighted by atomic mass is 10.1. The largest absolute Gasteiger partial charge is 0.399 e. The van der Waals surface area contributed by atoms with Crippen LogP contribution >= 0.6 is 0 Å². The molecule has 1 aliphatic rings. The zero-order valence-electron chi connectivity index (χ0n) is 11.1. The highest BCUT2D eigenvalue weighted by Crippen LogP contribution is 2.29. The summed E-state index contributed by atoms with van der Waals surface area (Å²) in [6, 6.07) is 6.10. The first-order valence-corrected chi connectivity index (χ1v) is 6.41. The van der Waals surface area contributed by atoms with Crippen LogP contribution in [0.3, 0.4) is 0 Å². The van der Waals surface area contributed by atoms with Crippen LogP contribution in [0.2, 0.25) is 0 Å². The third kappa shape index (κ3) is 2.75. The van der Waals surface area contributed by atoms with Gasteiger partial charge in [0.25, 0.3) is 0 Å². The second kappa shape index (κ2) is 5.29. The summed E-state index contributed by atoms with van der Waals surface area (Å²) in [5, 5.41) is 0. The van der Waals surface area contributed by atoms with Gasteiger partial charge in [-0.25, -0.2) is 0 Å². The molecule has 0 saturated carbocycles. The number of amides is 1. The van der Waals surface area contributed by atoms with Crippen LogP contribution in [0.1, 0.15) is 18.4 Å². The molecule has 1 aromatic carbocycles. The van der Waals surface area contributed by atoms with Gasteiger partial charge in [-0.15, -0.1) is 0 Å². The average molecular weight is 247 g/mol. The smallest absolute Gasteiger partial charge is 0.222 e. The predicted molar refractivity (Wildman–Crippen MR) is 74.7 cm³/mol. The van der Waals surface area contributed by atoms with E-state index in [9.17, 15) is 4.79 Å². The van der Waals surface area contributed by atoms with Crippen LogP contribution in [0.25, 0.3) is 0 Å². The molecule has 0 aliphatic carbocycles. The Labute approximate surface area is 108 Å². The van der Waals surface area contributed by atoms with Gasteiger partial charge < -0.3 is 15.5 Å². The van der Waals surface area contributed by atoms with Crippen LogP contribution in [-0.2, 0) is 11.2 Å². The normalized spacial score (nSPS) is 13.6. The average Bonchev–Trinajstić information content (AvgIpc) is 2.71.